The summed E-state index contributed by atoms with van der Waals surface area (Å²) < 4.78 is 27.9. The number of hydrogen-bond donors (Lipinski definition) is 1. The van der Waals surface area contributed by atoms with Crippen LogP contribution in [-0.2, 0) is 14.8 Å². The zero-order valence-electron chi connectivity index (χ0n) is 17.9. The van der Waals surface area contributed by atoms with Crippen LogP contribution in [0.15, 0.2) is 53.6 Å². The smallest absolute Gasteiger partial charge is 0.255 e. The van der Waals surface area contributed by atoms with Crippen molar-refractivity contribution in [3.63, 3.8) is 0 Å². The van der Waals surface area contributed by atoms with Gasteiger partial charge >= 0.3 is 0 Å². The second-order valence-electron chi connectivity index (χ2n) is 8.23. The predicted octanol–water partition coefficient (Wildman–Crippen LogP) is 2.75. The van der Waals surface area contributed by atoms with Crippen LogP contribution in [0.25, 0.3) is 0 Å². The van der Waals surface area contributed by atoms with E-state index in [1.54, 1.807) is 47.5 Å². The second-order valence-corrected chi connectivity index (χ2v) is 10.1. The van der Waals surface area contributed by atoms with E-state index >= 15 is 0 Å². The van der Waals surface area contributed by atoms with Crippen LogP contribution in [0.4, 0.5) is 5.82 Å². The Hall–Kier alpha value is -2.78. The van der Waals surface area contributed by atoms with Crippen LogP contribution in [0.2, 0.25) is 0 Å². The molecule has 1 aromatic heterocycles. The maximum atomic E-state index is 13.2. The van der Waals surface area contributed by atoms with Crippen LogP contribution in [-0.4, -0.2) is 60.6 Å². The number of sulfonamides is 1. The van der Waals surface area contributed by atoms with Gasteiger partial charge in [0.15, 0.2) is 0 Å². The van der Waals surface area contributed by atoms with E-state index in [4.69, 9.17) is 0 Å². The fraction of sp³-hybridized carbons (Fsp3) is 0.435. The number of benzene rings is 1. The van der Waals surface area contributed by atoms with Crippen LogP contribution in [0.3, 0.4) is 0 Å². The molecule has 0 bridgehead atoms. The highest BCUT2D eigenvalue weighted by atomic mass is 32.2. The van der Waals surface area contributed by atoms with Crippen molar-refractivity contribution in [2.75, 3.05) is 31.5 Å². The van der Waals surface area contributed by atoms with Gasteiger partial charge in [-0.15, -0.1) is 0 Å². The minimum Gasteiger partial charge on any atom is -0.339 e. The molecule has 0 atom stereocenters. The lowest BCUT2D eigenvalue weighted by Crippen LogP contribution is -2.42. The summed E-state index contributed by atoms with van der Waals surface area (Å²) in [5, 5.41) is 2.81. The molecule has 0 aliphatic carbocycles. The highest BCUT2D eigenvalue weighted by Gasteiger charge is 2.33. The molecule has 0 saturated carbocycles. The Kier molecular flexibility index (Phi) is 6.86. The number of piperidine rings is 2. The van der Waals surface area contributed by atoms with Gasteiger partial charge in [0.2, 0.25) is 15.9 Å². The largest absolute Gasteiger partial charge is 0.339 e. The molecule has 1 aromatic carbocycles. The summed E-state index contributed by atoms with van der Waals surface area (Å²) in [4.78, 5) is 31.6. The maximum Gasteiger partial charge on any atom is 0.255 e. The Morgan fingerprint density at radius 3 is 2.28 bits per heavy atom. The fourth-order valence-electron chi connectivity index (χ4n) is 4.29. The number of nitrogens with zero attached hydrogens (tertiary/aromatic N) is 3. The monoisotopic (exact) mass is 456 g/mol. The zero-order valence-corrected chi connectivity index (χ0v) is 18.8. The first kappa shape index (κ1) is 22.4. The normalized spacial score (nSPS) is 18.3. The third kappa shape index (κ3) is 4.83. The Labute approximate surface area is 188 Å². The first-order valence-corrected chi connectivity index (χ1v) is 12.5. The van der Waals surface area contributed by atoms with Crippen LogP contribution >= 0.6 is 0 Å². The van der Waals surface area contributed by atoms with Crippen molar-refractivity contribution in [2.24, 2.45) is 5.92 Å². The molecule has 0 unspecified atom stereocenters. The number of aromatic nitrogens is 1. The van der Waals surface area contributed by atoms with E-state index < -0.39 is 10.0 Å². The fourth-order valence-corrected chi connectivity index (χ4v) is 5.99. The van der Waals surface area contributed by atoms with Crippen molar-refractivity contribution in [1.82, 2.24) is 14.2 Å². The molecule has 0 spiro atoms. The molecular formula is C23H28N4O4S. The van der Waals surface area contributed by atoms with Crippen molar-refractivity contribution in [3.8, 4) is 0 Å². The molecule has 2 saturated heterocycles. The van der Waals surface area contributed by atoms with Gasteiger partial charge in [0.05, 0.1) is 10.5 Å². The molecule has 170 valence electrons. The summed E-state index contributed by atoms with van der Waals surface area (Å²) in [6.45, 7) is 1.78. The molecule has 2 aromatic rings. The number of anilines is 1. The summed E-state index contributed by atoms with van der Waals surface area (Å²) in [6.07, 6.45) is 5.35. The van der Waals surface area contributed by atoms with Gasteiger partial charge in [-0.3, -0.25) is 9.59 Å². The van der Waals surface area contributed by atoms with Gasteiger partial charge in [0.1, 0.15) is 5.82 Å². The van der Waals surface area contributed by atoms with Gasteiger partial charge in [-0.1, -0.05) is 24.6 Å². The molecule has 2 aliphatic rings. The molecule has 0 radical (unpaired) electrons. The Bertz CT molecular complexity index is 1060. The van der Waals surface area contributed by atoms with Gasteiger partial charge in [-0.25, -0.2) is 13.4 Å². The summed E-state index contributed by atoms with van der Waals surface area (Å²) in [6, 6.07) is 11.8. The van der Waals surface area contributed by atoms with E-state index in [0.29, 0.717) is 44.8 Å². The Morgan fingerprint density at radius 1 is 0.906 bits per heavy atom. The van der Waals surface area contributed by atoms with Crippen LogP contribution in [0.1, 0.15) is 42.5 Å². The van der Waals surface area contributed by atoms with Crippen molar-refractivity contribution in [3.05, 3.63) is 54.2 Å². The number of hydrogen-bond acceptors (Lipinski definition) is 5. The molecule has 8 nitrogen and oxygen atoms in total. The van der Waals surface area contributed by atoms with Crippen molar-refractivity contribution >= 4 is 27.7 Å². The van der Waals surface area contributed by atoms with Crippen molar-refractivity contribution in [1.29, 1.82) is 0 Å². The Balaban J connectivity index is 1.43. The van der Waals surface area contributed by atoms with E-state index in [0.717, 1.165) is 19.3 Å². The summed E-state index contributed by atoms with van der Waals surface area (Å²) in [5.41, 5.74) is 0.203. The highest BCUT2D eigenvalue weighted by molar-refractivity contribution is 7.89. The van der Waals surface area contributed by atoms with E-state index in [-0.39, 0.29) is 28.2 Å². The van der Waals surface area contributed by atoms with E-state index in [1.165, 1.54) is 10.4 Å². The predicted molar refractivity (Wildman–Crippen MR) is 121 cm³/mol. The van der Waals surface area contributed by atoms with Crippen LogP contribution < -0.4 is 5.32 Å². The summed E-state index contributed by atoms with van der Waals surface area (Å²) in [7, 11) is -3.72. The van der Waals surface area contributed by atoms with Gasteiger partial charge in [-0.2, -0.15) is 4.31 Å². The lowest BCUT2D eigenvalue weighted by atomic mass is 9.95. The van der Waals surface area contributed by atoms with Crippen LogP contribution in [0.5, 0.6) is 0 Å². The third-order valence-corrected chi connectivity index (χ3v) is 8.08. The highest BCUT2D eigenvalue weighted by Crippen LogP contribution is 2.26. The molecule has 9 heteroatoms. The van der Waals surface area contributed by atoms with Gasteiger partial charge < -0.3 is 10.2 Å². The standard InChI is InChI=1S/C23H28N4O4S/c28-22(25-21-10-4-5-13-24-21)18-11-16-26(17-12-18)23(29)19-8-2-3-9-20(19)32(30,31)27-14-6-1-7-15-27/h2-5,8-10,13,18H,1,6-7,11-12,14-17H2,(H,24,25,28). The first-order valence-electron chi connectivity index (χ1n) is 11.1. The van der Waals surface area contributed by atoms with E-state index in [1.807, 2.05) is 0 Å². The Morgan fingerprint density at radius 2 is 1.59 bits per heavy atom. The molecule has 4 rings (SSSR count). The summed E-state index contributed by atoms with van der Waals surface area (Å²) in [5.74, 6) is -0.116. The average Bonchev–Trinajstić information content (AvgIpc) is 2.85. The number of likely N-dealkylation sites (tertiary alicyclic amines) is 1. The number of nitrogens with one attached hydrogen (secondary N) is 1. The van der Waals surface area contributed by atoms with Crippen LogP contribution in [0, 0.1) is 5.92 Å². The number of carbonyl (C=O) groups is 2. The molecule has 2 aliphatic heterocycles. The second kappa shape index (κ2) is 9.79. The van der Waals surface area contributed by atoms with E-state index in [9.17, 15) is 18.0 Å². The number of amides is 2. The molecule has 2 fully saturated rings. The van der Waals surface area contributed by atoms with Gasteiger partial charge in [0.25, 0.3) is 5.91 Å². The van der Waals surface area contributed by atoms with Crippen molar-refractivity contribution in [2.45, 2.75) is 37.0 Å². The zero-order chi connectivity index (χ0) is 22.6. The average molecular weight is 457 g/mol. The minimum atomic E-state index is -3.72. The number of rotatable bonds is 5. The SMILES string of the molecule is O=C(Nc1ccccn1)C1CCN(C(=O)c2ccccc2S(=O)(=O)N2CCCCC2)CC1. The van der Waals surface area contributed by atoms with E-state index in [2.05, 4.69) is 10.3 Å². The minimum absolute atomic E-state index is 0.0712. The molecule has 2 amide bonds. The van der Waals surface area contributed by atoms with Gasteiger partial charge in [-0.05, 0) is 49.9 Å². The van der Waals surface area contributed by atoms with Crippen molar-refractivity contribution < 1.29 is 18.0 Å². The topological polar surface area (TPSA) is 99.7 Å². The number of pyridine rings is 1. The molecule has 1 N–H and O–H groups in total. The lowest BCUT2D eigenvalue weighted by molar-refractivity contribution is -0.121. The third-order valence-electron chi connectivity index (χ3n) is 6.12. The molecule has 3 heterocycles. The quantitative estimate of drug-likeness (QED) is 0.746. The maximum absolute atomic E-state index is 13.2. The molecular weight excluding hydrogens is 428 g/mol. The van der Waals surface area contributed by atoms with Gasteiger partial charge in [0, 0.05) is 38.3 Å². The number of carbonyl (C=O) groups excluding carboxylic acids is 2. The summed E-state index contributed by atoms with van der Waals surface area (Å²) >= 11 is 0. The lowest BCUT2D eigenvalue weighted by Gasteiger charge is -2.32. The molecule has 32 heavy (non-hydrogen) atoms. The first-order chi connectivity index (χ1) is 15.5.